The molecule has 4 fully saturated rings. The van der Waals surface area contributed by atoms with E-state index in [9.17, 15) is 18.4 Å². The van der Waals surface area contributed by atoms with E-state index in [1.807, 2.05) is 12.1 Å². The Balaban J connectivity index is 0.000000255. The first kappa shape index (κ1) is 30.8. The molecule has 10 heteroatoms. The predicted molar refractivity (Wildman–Crippen MR) is 144 cm³/mol. The van der Waals surface area contributed by atoms with Crippen molar-refractivity contribution in [1.82, 2.24) is 20.4 Å². The van der Waals surface area contributed by atoms with Gasteiger partial charge in [0.25, 0.3) is 5.91 Å². The second kappa shape index (κ2) is 13.1. The third-order valence-corrected chi connectivity index (χ3v) is 8.32. The standard InChI is InChI=1S/C14H15FN2O2.C14H19FN2.Al.Li.4H/c15-11-4-2-10(3-5-11)12(18)17-9-1-6-14(17)7-8-16-13(14)19;15-13-4-2-12(3-5-13)10-17-9-1-6-14(17)7-8-16-11-14;;;;;;/h2-5H,1,6-9H2,(H,16,19);2-5,16H,1,6-11H2;;;;;;/q;;;+1;;;;-1. The van der Waals surface area contributed by atoms with Gasteiger partial charge in [0, 0.05) is 37.3 Å². The smallest absolute Gasteiger partial charge is 1.00 e. The SMILES string of the molecule is Fc1ccc(CN2CCCC23CCNC3)cc1.O=C(c1ccc(F)cc1)N1CCCC12CCNC2=O.[AlH3].[H-].[Li+]. The molecule has 2 unspecified atom stereocenters. The zero-order chi connectivity index (χ0) is 25.2. The Morgan fingerprint density at radius 2 is 1.55 bits per heavy atom. The average Bonchev–Trinajstić information content (AvgIpc) is 3.68. The van der Waals surface area contributed by atoms with Crippen molar-refractivity contribution >= 4 is 29.2 Å². The third-order valence-electron chi connectivity index (χ3n) is 8.32. The Bertz CT molecular complexity index is 1100. The number of hydrogen-bond acceptors (Lipinski definition) is 4. The van der Waals surface area contributed by atoms with Crippen molar-refractivity contribution in [3.05, 3.63) is 71.3 Å². The molecule has 4 heterocycles. The first-order chi connectivity index (χ1) is 17.4. The minimum absolute atomic E-state index is 0. The molecule has 2 N–H and O–H groups in total. The molecule has 2 aromatic carbocycles. The molecule has 2 atom stereocenters. The van der Waals surface area contributed by atoms with Crippen LogP contribution in [0.4, 0.5) is 8.78 Å². The van der Waals surface area contributed by atoms with Gasteiger partial charge in [-0.3, -0.25) is 14.5 Å². The van der Waals surface area contributed by atoms with E-state index in [0.29, 0.717) is 37.0 Å². The van der Waals surface area contributed by atoms with Gasteiger partial charge in [0.05, 0.1) is 0 Å². The first-order valence-electron chi connectivity index (χ1n) is 13.0. The number of carbonyl (C=O) groups excluding carboxylic acids is 2. The van der Waals surface area contributed by atoms with Gasteiger partial charge >= 0.3 is 18.9 Å². The van der Waals surface area contributed by atoms with Crippen LogP contribution in [0.5, 0.6) is 0 Å². The van der Waals surface area contributed by atoms with Crippen molar-refractivity contribution in [3.8, 4) is 0 Å². The van der Waals surface area contributed by atoms with Gasteiger partial charge < -0.3 is 17.0 Å². The van der Waals surface area contributed by atoms with E-state index < -0.39 is 5.54 Å². The summed E-state index contributed by atoms with van der Waals surface area (Å²) in [6, 6.07) is 12.4. The quantitative estimate of drug-likeness (QED) is 0.517. The normalized spacial score (nSPS) is 26.1. The summed E-state index contributed by atoms with van der Waals surface area (Å²) in [4.78, 5) is 28.8. The summed E-state index contributed by atoms with van der Waals surface area (Å²) in [5.74, 6) is -0.756. The Kier molecular flexibility index (Phi) is 10.6. The monoisotopic (exact) mass is 534 g/mol. The molecule has 6 nitrogen and oxygen atoms in total. The van der Waals surface area contributed by atoms with Crippen molar-refractivity contribution in [2.75, 3.05) is 32.7 Å². The van der Waals surface area contributed by atoms with Crippen LogP contribution in [-0.2, 0) is 11.3 Å². The fourth-order valence-electron chi connectivity index (χ4n) is 6.34. The van der Waals surface area contributed by atoms with Crippen molar-refractivity contribution in [1.29, 1.82) is 0 Å². The fourth-order valence-corrected chi connectivity index (χ4v) is 6.34. The van der Waals surface area contributed by atoms with Crippen LogP contribution in [0.3, 0.4) is 0 Å². The molecule has 4 saturated heterocycles. The number of benzene rings is 2. The molecule has 200 valence electrons. The molecule has 2 aromatic rings. The van der Waals surface area contributed by atoms with Crippen LogP contribution in [0, 0.1) is 11.6 Å². The molecule has 2 amide bonds. The van der Waals surface area contributed by atoms with E-state index in [2.05, 4.69) is 15.5 Å². The summed E-state index contributed by atoms with van der Waals surface area (Å²) < 4.78 is 25.8. The molecular formula is C28H38AlF2LiN4O2. The van der Waals surface area contributed by atoms with Gasteiger partial charge in [0.1, 0.15) is 17.2 Å². The summed E-state index contributed by atoms with van der Waals surface area (Å²) in [7, 11) is 0. The van der Waals surface area contributed by atoms with Gasteiger partial charge in [0.2, 0.25) is 5.91 Å². The van der Waals surface area contributed by atoms with Crippen LogP contribution in [0.1, 0.15) is 55.9 Å². The Morgan fingerprint density at radius 1 is 0.895 bits per heavy atom. The van der Waals surface area contributed by atoms with Crippen LogP contribution in [-0.4, -0.2) is 82.8 Å². The van der Waals surface area contributed by atoms with E-state index in [4.69, 9.17) is 0 Å². The second-order valence-electron chi connectivity index (χ2n) is 10.4. The van der Waals surface area contributed by atoms with Gasteiger partial charge in [-0.05, 0) is 93.6 Å². The molecule has 4 aliphatic heterocycles. The van der Waals surface area contributed by atoms with Crippen LogP contribution in [0.2, 0.25) is 0 Å². The van der Waals surface area contributed by atoms with Crippen molar-refractivity contribution in [2.24, 2.45) is 0 Å². The number of rotatable bonds is 3. The second-order valence-corrected chi connectivity index (χ2v) is 10.4. The van der Waals surface area contributed by atoms with Gasteiger partial charge in [0.15, 0.2) is 17.4 Å². The maximum atomic E-state index is 12.9. The van der Waals surface area contributed by atoms with E-state index in [1.54, 1.807) is 17.0 Å². The van der Waals surface area contributed by atoms with Crippen molar-refractivity contribution < 1.29 is 38.7 Å². The number of likely N-dealkylation sites (tertiary alicyclic amines) is 2. The van der Waals surface area contributed by atoms with Gasteiger partial charge in [-0.1, -0.05) is 12.1 Å². The summed E-state index contributed by atoms with van der Waals surface area (Å²) >= 11 is 0. The maximum Gasteiger partial charge on any atom is 1.00 e. The molecule has 0 bridgehead atoms. The molecule has 4 aliphatic rings. The topological polar surface area (TPSA) is 64.7 Å². The zero-order valence-corrected chi connectivity index (χ0v) is 21.6. The molecular weight excluding hydrogens is 496 g/mol. The number of halogens is 2. The van der Waals surface area contributed by atoms with E-state index in [0.717, 1.165) is 26.1 Å². The summed E-state index contributed by atoms with van der Waals surface area (Å²) in [5.41, 5.74) is 1.36. The largest absolute Gasteiger partial charge is 1.00 e. The molecule has 2 spiro atoms. The molecule has 0 radical (unpaired) electrons. The van der Waals surface area contributed by atoms with E-state index in [-0.39, 0.29) is 61.1 Å². The van der Waals surface area contributed by atoms with Crippen LogP contribution < -0.4 is 29.5 Å². The minimum Gasteiger partial charge on any atom is -1.00 e. The maximum absolute atomic E-state index is 12.9. The van der Waals surface area contributed by atoms with Crippen LogP contribution in [0.15, 0.2) is 48.5 Å². The minimum atomic E-state index is -0.675. The van der Waals surface area contributed by atoms with Crippen molar-refractivity contribution in [2.45, 2.75) is 56.1 Å². The van der Waals surface area contributed by atoms with Gasteiger partial charge in [-0.15, -0.1) is 0 Å². The Morgan fingerprint density at radius 3 is 2.16 bits per heavy atom. The van der Waals surface area contributed by atoms with Crippen molar-refractivity contribution in [3.63, 3.8) is 0 Å². The van der Waals surface area contributed by atoms with E-state index >= 15 is 0 Å². The number of hydrogen-bond donors (Lipinski definition) is 2. The Hall–Kier alpha value is -1.71. The van der Waals surface area contributed by atoms with Gasteiger partial charge in [-0.25, -0.2) is 8.78 Å². The zero-order valence-electron chi connectivity index (χ0n) is 22.6. The molecule has 38 heavy (non-hydrogen) atoms. The van der Waals surface area contributed by atoms with Crippen LogP contribution >= 0.6 is 0 Å². The summed E-state index contributed by atoms with van der Waals surface area (Å²) in [6.45, 7) is 5.60. The predicted octanol–water partition coefficient (Wildman–Crippen LogP) is -0.593. The summed E-state index contributed by atoms with van der Waals surface area (Å²) in [5, 5.41) is 6.28. The molecule has 0 aromatic heterocycles. The number of amides is 2. The third kappa shape index (κ3) is 6.20. The fraction of sp³-hybridized carbons (Fsp3) is 0.500. The number of nitrogens with zero attached hydrogens (tertiary/aromatic N) is 2. The van der Waals surface area contributed by atoms with E-state index in [1.165, 1.54) is 55.6 Å². The average molecular weight is 535 g/mol. The Labute approximate surface area is 247 Å². The number of nitrogens with one attached hydrogen (secondary N) is 2. The molecule has 0 saturated carbocycles. The summed E-state index contributed by atoms with van der Waals surface area (Å²) in [6.07, 6.45) is 6.07. The molecule has 0 aliphatic carbocycles. The molecule has 6 rings (SSSR count). The first-order valence-corrected chi connectivity index (χ1v) is 13.0. The van der Waals surface area contributed by atoms with Crippen LogP contribution in [0.25, 0.3) is 0 Å². The number of carbonyl (C=O) groups is 2. The van der Waals surface area contributed by atoms with Gasteiger partial charge in [-0.2, -0.15) is 0 Å².